The fourth-order valence-corrected chi connectivity index (χ4v) is 2.80. The van der Waals surface area contributed by atoms with Gasteiger partial charge in [-0.3, -0.25) is 9.98 Å². The largest absolute Gasteiger partial charge is 2.00 e. The summed E-state index contributed by atoms with van der Waals surface area (Å²) in [4.78, 5) is 9.43. The summed E-state index contributed by atoms with van der Waals surface area (Å²) in [5.41, 5.74) is 6.88. The van der Waals surface area contributed by atoms with Crippen LogP contribution in [0, 0.1) is 0 Å². The summed E-state index contributed by atoms with van der Waals surface area (Å²) in [6.07, 6.45) is 3.94. The summed E-state index contributed by atoms with van der Waals surface area (Å²) in [6, 6.07) is 15.8. The minimum absolute atomic E-state index is 0. The van der Waals surface area contributed by atoms with E-state index in [2.05, 4.69) is 0 Å². The molecule has 0 aromatic heterocycles. The van der Waals surface area contributed by atoms with Gasteiger partial charge in [0.05, 0.1) is 0 Å². The first kappa shape index (κ1) is 20.7. The molecule has 0 aliphatic carbocycles. The normalized spacial score (nSPS) is 14.4. The van der Waals surface area contributed by atoms with Gasteiger partial charge in [-0.25, -0.2) is 0 Å². The topological polar surface area (TPSA) is 52.9 Å². The third-order valence-corrected chi connectivity index (χ3v) is 3.79. The number of fused-ring (bicyclic) bond motifs is 2. The molecular formula is C22H22N4Ni. The van der Waals surface area contributed by atoms with Gasteiger partial charge in [-0.2, -0.15) is 11.4 Å². The number of nitrogens with zero attached hydrogens (tertiary/aromatic N) is 4. The van der Waals surface area contributed by atoms with E-state index in [4.69, 9.17) is 20.6 Å². The second-order valence-corrected chi connectivity index (χ2v) is 6.28. The van der Waals surface area contributed by atoms with E-state index in [1.807, 2.05) is 88.4 Å². The molecule has 0 spiro atoms. The fraction of sp³-hybridized carbons (Fsp3) is 0.182. The minimum Gasteiger partial charge on any atom is -0.660 e. The van der Waals surface area contributed by atoms with E-state index in [1.54, 1.807) is 0 Å². The zero-order valence-corrected chi connectivity index (χ0v) is 16.9. The number of hydrogen-bond acceptors (Lipinski definition) is 2. The molecule has 0 atom stereocenters. The molecule has 2 aromatic rings. The molecule has 0 saturated heterocycles. The Kier molecular flexibility index (Phi) is 7.15. The Bertz CT molecular complexity index is 861. The molecule has 27 heavy (non-hydrogen) atoms. The number of benzene rings is 2. The molecule has 140 valence electrons. The maximum Gasteiger partial charge on any atom is 2.00 e. The number of aliphatic imine (C=N–C) groups is 2. The molecule has 3 rings (SSSR count). The van der Waals surface area contributed by atoms with Crippen molar-refractivity contribution in [1.29, 1.82) is 0 Å². The molecule has 5 heteroatoms. The Hall–Kier alpha value is -2.65. The molecule has 0 unspecified atom stereocenters. The molecule has 1 heterocycles. The molecule has 1 aliphatic heterocycles. The van der Waals surface area contributed by atoms with Crippen LogP contribution in [0.4, 0.5) is 22.7 Å². The minimum atomic E-state index is 0. The molecule has 4 nitrogen and oxygen atoms in total. The fourth-order valence-electron chi connectivity index (χ4n) is 2.80. The number of allylic oxidation sites excluding steroid dienone is 4. The van der Waals surface area contributed by atoms with Crippen molar-refractivity contribution in [2.75, 3.05) is 0 Å². The Morgan fingerprint density at radius 2 is 0.963 bits per heavy atom. The molecule has 0 fully saturated rings. The smallest absolute Gasteiger partial charge is 0.660 e. The van der Waals surface area contributed by atoms with E-state index in [0.29, 0.717) is 0 Å². The number of para-hydroxylation sites is 4. The second kappa shape index (κ2) is 9.34. The summed E-state index contributed by atoms with van der Waals surface area (Å²) in [5, 5.41) is 9.43. The van der Waals surface area contributed by atoms with Crippen LogP contribution in [0.25, 0.3) is 10.6 Å². The Morgan fingerprint density at radius 1 is 0.593 bits per heavy atom. The van der Waals surface area contributed by atoms with Crippen molar-refractivity contribution in [2.24, 2.45) is 9.98 Å². The van der Waals surface area contributed by atoms with Crippen LogP contribution in [0.2, 0.25) is 0 Å². The van der Waals surface area contributed by atoms with Crippen LogP contribution < -0.4 is 0 Å². The van der Waals surface area contributed by atoms with Crippen molar-refractivity contribution in [1.82, 2.24) is 0 Å². The van der Waals surface area contributed by atoms with Crippen LogP contribution in [0.5, 0.6) is 0 Å². The van der Waals surface area contributed by atoms with Crippen LogP contribution in [0.1, 0.15) is 27.7 Å². The summed E-state index contributed by atoms with van der Waals surface area (Å²) in [7, 11) is 0. The maximum absolute atomic E-state index is 4.72. The zero-order chi connectivity index (χ0) is 18.5. The zero-order valence-electron chi connectivity index (χ0n) is 15.9. The monoisotopic (exact) mass is 400 g/mol. The number of rotatable bonds is 0. The Labute approximate surface area is 171 Å². The van der Waals surface area contributed by atoms with Crippen molar-refractivity contribution < 1.29 is 16.5 Å². The van der Waals surface area contributed by atoms with Gasteiger partial charge in [0.1, 0.15) is 0 Å². The van der Waals surface area contributed by atoms with Crippen molar-refractivity contribution in [3.63, 3.8) is 0 Å². The standard InChI is InChI=1S/C22H22N4.Ni/c1-15-13-16(2)24-21-11-7-8-12-22(21)26-18(4)14-17(3)25-20-10-6-5-9-19(20)23-15;/h5-14H,1-4H3;/q-2;+2. The van der Waals surface area contributed by atoms with Crippen molar-refractivity contribution in [3.8, 4) is 0 Å². The molecule has 1 aliphatic rings. The van der Waals surface area contributed by atoms with E-state index in [-0.39, 0.29) is 16.5 Å². The van der Waals surface area contributed by atoms with Crippen LogP contribution in [0.3, 0.4) is 0 Å². The Balaban J connectivity index is 0.00000261. The van der Waals surface area contributed by atoms with E-state index < -0.39 is 0 Å². The average Bonchev–Trinajstić information content (AvgIpc) is 2.57. The van der Waals surface area contributed by atoms with Gasteiger partial charge in [-0.15, -0.1) is 11.4 Å². The van der Waals surface area contributed by atoms with E-state index in [9.17, 15) is 0 Å². The van der Waals surface area contributed by atoms with Crippen LogP contribution >= 0.6 is 0 Å². The van der Waals surface area contributed by atoms with Gasteiger partial charge in [0.2, 0.25) is 0 Å². The van der Waals surface area contributed by atoms with Gasteiger partial charge in [0, 0.05) is 22.8 Å². The van der Waals surface area contributed by atoms with Crippen molar-refractivity contribution in [3.05, 3.63) is 82.7 Å². The summed E-state index contributed by atoms with van der Waals surface area (Å²) >= 11 is 0. The Morgan fingerprint density at radius 3 is 1.37 bits per heavy atom. The van der Waals surface area contributed by atoms with Gasteiger partial charge < -0.3 is 10.6 Å². The molecule has 0 saturated carbocycles. The first-order chi connectivity index (χ1) is 12.5. The molecule has 0 amide bonds. The quantitative estimate of drug-likeness (QED) is 0.413. The third kappa shape index (κ3) is 5.67. The van der Waals surface area contributed by atoms with Crippen LogP contribution in [-0.2, 0) is 16.5 Å². The van der Waals surface area contributed by atoms with Gasteiger partial charge in [0.15, 0.2) is 0 Å². The molecule has 0 N–H and O–H groups in total. The predicted octanol–water partition coefficient (Wildman–Crippen LogP) is 7.40. The van der Waals surface area contributed by atoms with E-state index >= 15 is 0 Å². The molecule has 0 bridgehead atoms. The first-order valence-corrected chi connectivity index (χ1v) is 8.60. The van der Waals surface area contributed by atoms with Crippen molar-refractivity contribution in [2.45, 2.75) is 27.7 Å². The van der Waals surface area contributed by atoms with E-state index in [0.717, 1.165) is 45.6 Å². The average molecular weight is 401 g/mol. The molecular weight excluding hydrogens is 379 g/mol. The van der Waals surface area contributed by atoms with Gasteiger partial charge in [-0.1, -0.05) is 62.4 Å². The van der Waals surface area contributed by atoms with Gasteiger partial charge >= 0.3 is 16.5 Å². The SMILES string of the molecule is CC1=CC(C)=Nc2ccccc2[N-]C(C)=CC(C)=Nc2ccccc2[N-]1.[Ni+2]. The second-order valence-electron chi connectivity index (χ2n) is 6.28. The van der Waals surface area contributed by atoms with Crippen molar-refractivity contribution >= 4 is 34.2 Å². The summed E-state index contributed by atoms with van der Waals surface area (Å²) in [5.74, 6) is 0. The summed E-state index contributed by atoms with van der Waals surface area (Å²) in [6.45, 7) is 7.88. The molecule has 0 radical (unpaired) electrons. The first-order valence-electron chi connectivity index (χ1n) is 8.60. The third-order valence-electron chi connectivity index (χ3n) is 3.79. The predicted molar refractivity (Wildman–Crippen MR) is 112 cm³/mol. The van der Waals surface area contributed by atoms with E-state index in [1.165, 1.54) is 0 Å². The summed E-state index contributed by atoms with van der Waals surface area (Å²) < 4.78 is 0. The van der Waals surface area contributed by atoms with Crippen LogP contribution in [-0.4, -0.2) is 11.4 Å². The van der Waals surface area contributed by atoms with Crippen LogP contribution in [0.15, 0.2) is 82.1 Å². The van der Waals surface area contributed by atoms with Gasteiger partial charge in [0.25, 0.3) is 0 Å². The number of hydrogen-bond donors (Lipinski definition) is 0. The van der Waals surface area contributed by atoms with Gasteiger partial charge in [-0.05, 0) is 26.0 Å². The maximum atomic E-state index is 4.72. The molecule has 2 aromatic carbocycles.